The topological polar surface area (TPSA) is 39.7 Å². The van der Waals surface area contributed by atoms with Gasteiger partial charge in [0, 0.05) is 25.8 Å². The molecule has 0 radical (unpaired) electrons. The van der Waals surface area contributed by atoms with Crippen LogP contribution in [0.15, 0.2) is 42.5 Å². The van der Waals surface area contributed by atoms with Crippen LogP contribution in [0.25, 0.3) is 11.1 Å². The largest absolute Gasteiger partial charge is 0.497 e. The molecule has 124 valence electrons. The van der Waals surface area contributed by atoms with E-state index in [1.807, 2.05) is 18.2 Å². The summed E-state index contributed by atoms with van der Waals surface area (Å²) < 4.78 is 16.2. The quantitative estimate of drug-likeness (QED) is 0.721. The van der Waals surface area contributed by atoms with Crippen molar-refractivity contribution >= 4 is 0 Å². The molecule has 0 fully saturated rings. The summed E-state index contributed by atoms with van der Waals surface area (Å²) in [5.41, 5.74) is 3.43. The van der Waals surface area contributed by atoms with E-state index >= 15 is 0 Å². The van der Waals surface area contributed by atoms with Gasteiger partial charge < -0.3 is 19.5 Å². The van der Waals surface area contributed by atoms with E-state index in [0.29, 0.717) is 13.2 Å². The first-order valence-electron chi connectivity index (χ1n) is 7.82. The van der Waals surface area contributed by atoms with Crippen molar-refractivity contribution in [1.29, 1.82) is 0 Å². The van der Waals surface area contributed by atoms with E-state index in [1.165, 1.54) is 5.56 Å². The van der Waals surface area contributed by atoms with Crippen LogP contribution >= 0.6 is 0 Å². The normalized spacial score (nSPS) is 10.6. The van der Waals surface area contributed by atoms with Crippen molar-refractivity contribution in [1.82, 2.24) is 5.32 Å². The zero-order valence-corrected chi connectivity index (χ0v) is 14.1. The average Bonchev–Trinajstić information content (AvgIpc) is 2.59. The third-order valence-electron chi connectivity index (χ3n) is 3.56. The summed E-state index contributed by atoms with van der Waals surface area (Å²) in [6, 6.07) is 14.3. The molecule has 0 unspecified atom stereocenters. The lowest BCUT2D eigenvalue weighted by molar-refractivity contribution is 0.197. The van der Waals surface area contributed by atoms with Crippen molar-refractivity contribution in [2.24, 2.45) is 0 Å². The van der Waals surface area contributed by atoms with Gasteiger partial charge in [0.25, 0.3) is 0 Å². The number of ether oxygens (including phenoxy) is 3. The molecule has 4 heteroatoms. The molecule has 2 aromatic rings. The monoisotopic (exact) mass is 315 g/mol. The predicted molar refractivity (Wildman–Crippen MR) is 93.4 cm³/mol. The maximum Gasteiger partial charge on any atom is 0.127 e. The summed E-state index contributed by atoms with van der Waals surface area (Å²) in [6.07, 6.45) is 0. The molecule has 4 nitrogen and oxygen atoms in total. The van der Waals surface area contributed by atoms with Crippen molar-refractivity contribution in [2.75, 3.05) is 40.5 Å². The highest BCUT2D eigenvalue weighted by molar-refractivity contribution is 5.71. The fourth-order valence-electron chi connectivity index (χ4n) is 2.30. The van der Waals surface area contributed by atoms with Gasteiger partial charge in [-0.1, -0.05) is 23.8 Å². The van der Waals surface area contributed by atoms with E-state index in [4.69, 9.17) is 14.2 Å². The summed E-state index contributed by atoms with van der Waals surface area (Å²) in [6.45, 7) is 5.04. The van der Waals surface area contributed by atoms with Crippen LogP contribution in [-0.4, -0.2) is 40.5 Å². The van der Waals surface area contributed by atoms with Crippen molar-refractivity contribution in [2.45, 2.75) is 6.92 Å². The van der Waals surface area contributed by atoms with E-state index in [9.17, 15) is 0 Å². The van der Waals surface area contributed by atoms with E-state index in [2.05, 4.69) is 36.5 Å². The summed E-state index contributed by atoms with van der Waals surface area (Å²) in [5, 5.41) is 3.28. The SMILES string of the molecule is COCCNCCOc1ccc(C)cc1-c1ccc(OC)cc1. The lowest BCUT2D eigenvalue weighted by atomic mass is 10.0. The first-order valence-corrected chi connectivity index (χ1v) is 7.82. The molecule has 0 aliphatic carbocycles. The third kappa shape index (κ3) is 5.27. The van der Waals surface area contributed by atoms with Gasteiger partial charge in [-0.25, -0.2) is 0 Å². The summed E-state index contributed by atoms with van der Waals surface area (Å²) in [7, 11) is 3.37. The molecule has 0 saturated carbocycles. The van der Waals surface area contributed by atoms with Crippen LogP contribution in [0.3, 0.4) is 0 Å². The van der Waals surface area contributed by atoms with Crippen LogP contribution in [0.4, 0.5) is 0 Å². The Morgan fingerprint density at radius 3 is 2.35 bits per heavy atom. The Bertz CT molecular complexity index is 596. The number of benzene rings is 2. The zero-order valence-electron chi connectivity index (χ0n) is 14.1. The Morgan fingerprint density at radius 2 is 1.65 bits per heavy atom. The molecule has 0 bridgehead atoms. The van der Waals surface area contributed by atoms with Gasteiger partial charge in [0.2, 0.25) is 0 Å². The van der Waals surface area contributed by atoms with Crippen molar-refractivity contribution in [3.8, 4) is 22.6 Å². The minimum absolute atomic E-state index is 0.621. The fourth-order valence-corrected chi connectivity index (χ4v) is 2.30. The molecule has 0 aromatic heterocycles. The second-order valence-electron chi connectivity index (χ2n) is 5.32. The van der Waals surface area contributed by atoms with Gasteiger partial charge in [-0.15, -0.1) is 0 Å². The number of aryl methyl sites for hydroxylation is 1. The third-order valence-corrected chi connectivity index (χ3v) is 3.56. The molecule has 0 atom stereocenters. The molecule has 2 aromatic carbocycles. The first kappa shape index (κ1) is 17.3. The van der Waals surface area contributed by atoms with Gasteiger partial charge in [0.05, 0.1) is 13.7 Å². The molecule has 0 saturated heterocycles. The van der Waals surface area contributed by atoms with Crippen molar-refractivity contribution < 1.29 is 14.2 Å². The Morgan fingerprint density at radius 1 is 0.913 bits per heavy atom. The molecule has 0 aliphatic rings. The first-order chi connectivity index (χ1) is 11.2. The molecule has 0 spiro atoms. The molecule has 23 heavy (non-hydrogen) atoms. The van der Waals surface area contributed by atoms with E-state index in [0.717, 1.165) is 35.7 Å². The smallest absolute Gasteiger partial charge is 0.127 e. The number of nitrogens with one attached hydrogen (secondary N) is 1. The van der Waals surface area contributed by atoms with Gasteiger partial charge in [-0.2, -0.15) is 0 Å². The van der Waals surface area contributed by atoms with Gasteiger partial charge in [0.15, 0.2) is 0 Å². The van der Waals surface area contributed by atoms with E-state index < -0.39 is 0 Å². The molecule has 0 heterocycles. The zero-order chi connectivity index (χ0) is 16.5. The highest BCUT2D eigenvalue weighted by Gasteiger charge is 2.07. The van der Waals surface area contributed by atoms with Crippen LogP contribution in [-0.2, 0) is 4.74 Å². The summed E-state index contributed by atoms with van der Waals surface area (Å²) in [4.78, 5) is 0. The van der Waals surface area contributed by atoms with Gasteiger partial charge in [0.1, 0.15) is 18.1 Å². The lowest BCUT2D eigenvalue weighted by Gasteiger charge is -2.13. The van der Waals surface area contributed by atoms with E-state index in [-0.39, 0.29) is 0 Å². The Kier molecular flexibility index (Phi) is 6.91. The maximum absolute atomic E-state index is 5.95. The number of hydrogen-bond acceptors (Lipinski definition) is 4. The molecular weight excluding hydrogens is 290 g/mol. The number of methoxy groups -OCH3 is 2. The van der Waals surface area contributed by atoms with Crippen LogP contribution in [0.1, 0.15) is 5.56 Å². The Hall–Kier alpha value is -2.04. The summed E-state index contributed by atoms with van der Waals surface area (Å²) in [5.74, 6) is 1.75. The Balaban J connectivity index is 2.04. The van der Waals surface area contributed by atoms with Crippen molar-refractivity contribution in [3.05, 3.63) is 48.0 Å². The molecule has 2 rings (SSSR count). The minimum Gasteiger partial charge on any atom is -0.497 e. The van der Waals surface area contributed by atoms with Crippen LogP contribution < -0.4 is 14.8 Å². The number of hydrogen-bond donors (Lipinski definition) is 1. The second-order valence-corrected chi connectivity index (χ2v) is 5.32. The standard InChI is InChI=1S/C19H25NO3/c1-15-4-9-19(23-13-11-20-10-12-21-2)18(14-15)16-5-7-17(22-3)8-6-16/h4-9,14,20H,10-13H2,1-3H3. The van der Waals surface area contributed by atoms with Crippen molar-refractivity contribution in [3.63, 3.8) is 0 Å². The molecule has 1 N–H and O–H groups in total. The highest BCUT2D eigenvalue weighted by atomic mass is 16.5. The van der Waals surface area contributed by atoms with Crippen LogP contribution in [0.2, 0.25) is 0 Å². The molecular formula is C19H25NO3. The maximum atomic E-state index is 5.95. The highest BCUT2D eigenvalue weighted by Crippen LogP contribution is 2.32. The molecule has 0 aliphatic heterocycles. The minimum atomic E-state index is 0.621. The average molecular weight is 315 g/mol. The lowest BCUT2D eigenvalue weighted by Crippen LogP contribution is -2.24. The summed E-state index contributed by atoms with van der Waals surface area (Å²) >= 11 is 0. The van der Waals surface area contributed by atoms with Crippen LogP contribution in [0, 0.1) is 6.92 Å². The van der Waals surface area contributed by atoms with E-state index in [1.54, 1.807) is 14.2 Å². The van der Waals surface area contributed by atoms with Crippen LogP contribution in [0.5, 0.6) is 11.5 Å². The van der Waals surface area contributed by atoms with Gasteiger partial charge in [-0.05, 0) is 36.8 Å². The Labute approximate surface area is 138 Å². The fraction of sp³-hybridized carbons (Fsp3) is 0.368. The molecule has 0 amide bonds. The van der Waals surface area contributed by atoms with Gasteiger partial charge >= 0.3 is 0 Å². The predicted octanol–water partition coefficient (Wildman–Crippen LogP) is 3.29. The second kappa shape index (κ2) is 9.18. The number of rotatable bonds is 9. The van der Waals surface area contributed by atoms with Gasteiger partial charge in [-0.3, -0.25) is 0 Å².